The van der Waals surface area contributed by atoms with Crippen LogP contribution < -0.4 is 14.3 Å². The maximum atomic E-state index is 14.8. The van der Waals surface area contributed by atoms with Crippen molar-refractivity contribution < 1.29 is 22.7 Å². The number of halogens is 1. The normalized spacial score (nSPS) is 23.5. The Morgan fingerprint density at radius 1 is 1.41 bits per heavy atom. The molecule has 7 nitrogen and oxygen atoms in total. The van der Waals surface area contributed by atoms with Crippen molar-refractivity contribution in [3.05, 3.63) is 29.6 Å². The third-order valence-corrected chi connectivity index (χ3v) is 4.95. The van der Waals surface area contributed by atoms with Crippen LogP contribution in [0.25, 0.3) is 5.57 Å². The summed E-state index contributed by atoms with van der Waals surface area (Å²) in [4.78, 5) is 11.3. The Kier molecular flexibility index (Phi) is 3.33. The van der Waals surface area contributed by atoms with Crippen LogP contribution >= 0.6 is 0 Å². The van der Waals surface area contributed by atoms with E-state index in [0.29, 0.717) is 16.4 Å². The summed E-state index contributed by atoms with van der Waals surface area (Å²) in [6.07, 6.45) is 1.82. The quantitative estimate of drug-likeness (QED) is 0.715. The van der Waals surface area contributed by atoms with Crippen LogP contribution in [0.3, 0.4) is 0 Å². The lowest BCUT2D eigenvalue weighted by atomic mass is 10.0. The van der Waals surface area contributed by atoms with Crippen LogP contribution in [-0.4, -0.2) is 38.6 Å². The first-order valence-corrected chi connectivity index (χ1v) is 8.03. The van der Waals surface area contributed by atoms with E-state index in [1.807, 2.05) is 13.0 Å². The zero-order valence-electron chi connectivity index (χ0n) is 11.6. The number of benzene rings is 1. The molecule has 0 unspecified atom stereocenters. The first-order valence-electron chi connectivity index (χ1n) is 6.59. The summed E-state index contributed by atoms with van der Waals surface area (Å²) in [5.41, 5.74) is 0.345. The Labute approximate surface area is 126 Å². The van der Waals surface area contributed by atoms with Gasteiger partial charge in [-0.1, -0.05) is 6.08 Å². The van der Waals surface area contributed by atoms with E-state index < -0.39 is 39.9 Å². The molecule has 0 spiro atoms. The Morgan fingerprint density at radius 2 is 2.14 bits per heavy atom. The summed E-state index contributed by atoms with van der Waals surface area (Å²) in [5, 5.41) is 13.0. The zero-order valence-corrected chi connectivity index (χ0v) is 12.4. The summed E-state index contributed by atoms with van der Waals surface area (Å²) in [6, 6.07) is 2.68. The third kappa shape index (κ3) is 2.32. The van der Waals surface area contributed by atoms with Gasteiger partial charge in [0.1, 0.15) is 18.0 Å². The van der Waals surface area contributed by atoms with Crippen LogP contribution in [0.2, 0.25) is 0 Å². The van der Waals surface area contributed by atoms with E-state index >= 15 is 0 Å². The van der Waals surface area contributed by atoms with Gasteiger partial charge in [-0.05, 0) is 24.6 Å². The van der Waals surface area contributed by atoms with Gasteiger partial charge in [-0.25, -0.2) is 13.4 Å². The molecule has 3 rings (SSSR count). The smallest absolute Gasteiger partial charge is 0.326 e. The number of hydrogen-bond acceptors (Lipinski definition) is 5. The van der Waals surface area contributed by atoms with E-state index in [2.05, 4.69) is 5.32 Å². The fourth-order valence-corrected chi connectivity index (χ4v) is 3.72. The van der Waals surface area contributed by atoms with Gasteiger partial charge in [-0.3, -0.25) is 4.79 Å². The number of amides is 1. The van der Waals surface area contributed by atoms with Gasteiger partial charge in [0.25, 0.3) is 5.91 Å². The Bertz CT molecular complexity index is 791. The molecule has 1 atom stereocenters. The van der Waals surface area contributed by atoms with Crippen LogP contribution in [0.1, 0.15) is 12.5 Å². The van der Waals surface area contributed by atoms with Crippen LogP contribution in [0.5, 0.6) is 5.75 Å². The molecule has 3 N–H and O–H groups in total. The second-order valence-corrected chi connectivity index (χ2v) is 6.79. The van der Waals surface area contributed by atoms with Crippen LogP contribution in [0.15, 0.2) is 18.2 Å². The number of rotatable bonds is 2. The highest BCUT2D eigenvalue weighted by molar-refractivity contribution is 7.92. The lowest BCUT2D eigenvalue weighted by Gasteiger charge is -2.18. The molecular formula is C13H14FN3O4S. The SMILES string of the molecule is C[C@H]1C=C(c2ccc(O)c(N3CC(=O)NS3(=O)=O)c2F)CN1. The molecule has 2 aliphatic heterocycles. The highest BCUT2D eigenvalue weighted by Gasteiger charge is 2.38. The van der Waals surface area contributed by atoms with Gasteiger partial charge < -0.3 is 10.4 Å². The molecule has 1 amide bonds. The largest absolute Gasteiger partial charge is 0.506 e. The number of aromatic hydroxyl groups is 1. The van der Waals surface area contributed by atoms with Crippen LogP contribution in [-0.2, 0) is 15.0 Å². The Hall–Kier alpha value is -2.13. The van der Waals surface area contributed by atoms with Gasteiger partial charge in [0, 0.05) is 18.2 Å². The first kappa shape index (κ1) is 14.8. The zero-order chi connectivity index (χ0) is 16.1. The van der Waals surface area contributed by atoms with Crippen molar-refractivity contribution in [2.45, 2.75) is 13.0 Å². The number of carbonyl (C=O) groups is 1. The van der Waals surface area contributed by atoms with E-state index in [-0.39, 0.29) is 11.6 Å². The Balaban J connectivity index is 2.13. The lowest BCUT2D eigenvalue weighted by molar-refractivity contribution is -0.117. The fraction of sp³-hybridized carbons (Fsp3) is 0.308. The predicted octanol–water partition coefficient (Wildman–Crippen LogP) is 0.0874. The molecule has 1 aromatic rings. The van der Waals surface area contributed by atoms with Gasteiger partial charge in [0.15, 0.2) is 5.82 Å². The van der Waals surface area contributed by atoms with E-state index in [1.165, 1.54) is 12.1 Å². The van der Waals surface area contributed by atoms with E-state index in [4.69, 9.17) is 0 Å². The molecule has 0 aliphatic carbocycles. The molecule has 0 aromatic heterocycles. The molecule has 1 aromatic carbocycles. The maximum absolute atomic E-state index is 14.8. The molecule has 1 fully saturated rings. The van der Waals surface area contributed by atoms with E-state index in [9.17, 15) is 22.7 Å². The van der Waals surface area contributed by atoms with Gasteiger partial charge in [-0.15, -0.1) is 0 Å². The summed E-state index contributed by atoms with van der Waals surface area (Å²) in [5.74, 6) is -2.19. The van der Waals surface area contributed by atoms with Crippen LogP contribution in [0.4, 0.5) is 10.1 Å². The highest BCUT2D eigenvalue weighted by atomic mass is 32.2. The summed E-state index contributed by atoms with van der Waals surface area (Å²) in [6.45, 7) is 1.77. The standard InChI is InChI=1S/C13H14FN3O4S/c1-7-4-8(5-15-7)9-2-3-10(18)13(12(9)14)17-6-11(19)16-22(17,20)21/h2-4,7,15,18H,5-6H2,1H3,(H,16,19)/t7-/m0/s1. The summed E-state index contributed by atoms with van der Waals surface area (Å²) >= 11 is 0. The number of nitrogens with zero attached hydrogens (tertiary/aromatic N) is 1. The lowest BCUT2D eigenvalue weighted by Crippen LogP contribution is -2.30. The number of carbonyl (C=O) groups excluding carboxylic acids is 1. The number of hydrogen-bond donors (Lipinski definition) is 3. The minimum atomic E-state index is -4.19. The summed E-state index contributed by atoms with van der Waals surface area (Å²) in [7, 11) is -4.19. The van der Waals surface area contributed by atoms with Crippen molar-refractivity contribution in [1.29, 1.82) is 0 Å². The molecule has 0 saturated carbocycles. The van der Waals surface area contributed by atoms with Gasteiger partial charge in [0.2, 0.25) is 0 Å². The third-order valence-electron chi connectivity index (χ3n) is 3.58. The van der Waals surface area contributed by atoms with Gasteiger partial charge in [0.05, 0.1) is 0 Å². The van der Waals surface area contributed by atoms with E-state index in [0.717, 1.165) is 0 Å². The molecular weight excluding hydrogens is 313 g/mol. The van der Waals surface area contributed by atoms with E-state index in [1.54, 1.807) is 4.72 Å². The van der Waals surface area contributed by atoms with Crippen molar-refractivity contribution in [2.75, 3.05) is 17.4 Å². The summed E-state index contributed by atoms with van der Waals surface area (Å²) < 4.78 is 40.7. The van der Waals surface area contributed by atoms with Crippen molar-refractivity contribution in [2.24, 2.45) is 0 Å². The monoisotopic (exact) mass is 327 g/mol. The minimum Gasteiger partial charge on any atom is -0.506 e. The molecule has 118 valence electrons. The molecule has 2 aliphatic rings. The predicted molar refractivity (Wildman–Crippen MR) is 77.9 cm³/mol. The minimum absolute atomic E-state index is 0.0745. The molecule has 22 heavy (non-hydrogen) atoms. The number of nitrogens with one attached hydrogen (secondary N) is 2. The van der Waals surface area contributed by atoms with Crippen molar-refractivity contribution in [3.8, 4) is 5.75 Å². The van der Waals surface area contributed by atoms with Crippen molar-refractivity contribution in [1.82, 2.24) is 10.0 Å². The Morgan fingerprint density at radius 3 is 2.68 bits per heavy atom. The highest BCUT2D eigenvalue weighted by Crippen LogP contribution is 2.37. The number of phenolic OH excluding ortho intramolecular Hbond substituents is 1. The number of phenols is 1. The molecule has 1 saturated heterocycles. The molecule has 0 radical (unpaired) electrons. The van der Waals surface area contributed by atoms with Crippen molar-refractivity contribution in [3.63, 3.8) is 0 Å². The topological polar surface area (TPSA) is 98.7 Å². The second kappa shape index (κ2) is 4.96. The number of anilines is 1. The van der Waals surface area contributed by atoms with Gasteiger partial charge in [-0.2, -0.15) is 8.42 Å². The average Bonchev–Trinajstić information content (AvgIpc) is 2.93. The maximum Gasteiger partial charge on any atom is 0.326 e. The second-order valence-electron chi connectivity index (χ2n) is 5.19. The van der Waals surface area contributed by atoms with Crippen molar-refractivity contribution >= 4 is 27.4 Å². The fourth-order valence-electron chi connectivity index (χ4n) is 2.56. The molecule has 2 heterocycles. The average molecular weight is 327 g/mol. The van der Waals surface area contributed by atoms with Crippen LogP contribution in [0, 0.1) is 5.82 Å². The molecule has 0 bridgehead atoms. The van der Waals surface area contributed by atoms with Gasteiger partial charge >= 0.3 is 10.2 Å². The molecule has 9 heteroatoms. The first-order chi connectivity index (χ1) is 10.3.